The molecule has 2 fully saturated rings. The van der Waals surface area contributed by atoms with Crippen molar-refractivity contribution in [2.45, 2.75) is 62.9 Å². The molecule has 2 aromatic carbocycles. The fourth-order valence-electron chi connectivity index (χ4n) is 5.69. The Morgan fingerprint density at radius 2 is 1.60 bits per heavy atom. The zero-order valence-electron chi connectivity index (χ0n) is 19.7. The number of amides is 2. The number of hydrogen-bond acceptors (Lipinski definition) is 4. The quantitative estimate of drug-likeness (QED) is 0.522. The molecule has 5 rings (SSSR count). The monoisotopic (exact) mass is 476 g/mol. The van der Waals surface area contributed by atoms with E-state index in [1.807, 2.05) is 24.3 Å². The van der Waals surface area contributed by atoms with Crippen molar-refractivity contribution >= 4 is 18.0 Å². The molecule has 184 valence electrons. The van der Waals surface area contributed by atoms with Crippen molar-refractivity contribution in [1.82, 2.24) is 10.6 Å². The highest BCUT2D eigenvalue weighted by atomic mass is 16.5. The first-order valence-corrected chi connectivity index (χ1v) is 12.6. The van der Waals surface area contributed by atoms with Crippen molar-refractivity contribution in [3.05, 3.63) is 59.7 Å². The van der Waals surface area contributed by atoms with Gasteiger partial charge in [-0.15, -0.1) is 0 Å². The zero-order chi connectivity index (χ0) is 24.4. The van der Waals surface area contributed by atoms with Gasteiger partial charge in [0.15, 0.2) is 0 Å². The molecule has 2 aromatic rings. The Labute approximate surface area is 205 Å². The summed E-state index contributed by atoms with van der Waals surface area (Å²) in [6, 6.07) is 16.0. The van der Waals surface area contributed by atoms with Crippen LogP contribution < -0.4 is 10.6 Å². The van der Waals surface area contributed by atoms with Crippen LogP contribution in [0, 0.1) is 11.8 Å². The van der Waals surface area contributed by atoms with E-state index in [1.165, 1.54) is 22.3 Å². The molecule has 0 spiro atoms. The molecule has 3 atom stereocenters. The number of fused-ring (bicyclic) bond motifs is 3. The molecule has 0 heterocycles. The lowest BCUT2D eigenvalue weighted by atomic mass is 9.85. The molecule has 7 nitrogen and oxygen atoms in total. The third-order valence-electron chi connectivity index (χ3n) is 7.62. The molecule has 2 amide bonds. The summed E-state index contributed by atoms with van der Waals surface area (Å²) in [6.07, 6.45) is 4.36. The molecule has 3 aliphatic rings. The number of ether oxygens (including phenoxy) is 1. The molecule has 1 unspecified atom stereocenters. The van der Waals surface area contributed by atoms with Gasteiger partial charge in [-0.25, -0.2) is 4.79 Å². The Morgan fingerprint density at radius 1 is 0.943 bits per heavy atom. The van der Waals surface area contributed by atoms with Gasteiger partial charge >= 0.3 is 12.1 Å². The van der Waals surface area contributed by atoms with E-state index in [0.29, 0.717) is 6.42 Å². The number of carboxylic acid groups (broad SMARTS) is 1. The summed E-state index contributed by atoms with van der Waals surface area (Å²) in [5.41, 5.74) is 4.71. The van der Waals surface area contributed by atoms with Gasteiger partial charge in [-0.1, -0.05) is 55.0 Å². The number of carbonyl (C=O) groups is 3. The van der Waals surface area contributed by atoms with E-state index in [0.717, 1.165) is 32.1 Å². The molecule has 0 aliphatic heterocycles. The highest BCUT2D eigenvalue weighted by Crippen LogP contribution is 2.44. The normalized spacial score (nSPS) is 21.9. The second-order valence-electron chi connectivity index (χ2n) is 10.1. The van der Waals surface area contributed by atoms with Gasteiger partial charge in [-0.2, -0.15) is 0 Å². The zero-order valence-corrected chi connectivity index (χ0v) is 19.7. The van der Waals surface area contributed by atoms with Crippen LogP contribution in [0.25, 0.3) is 11.1 Å². The van der Waals surface area contributed by atoms with Crippen LogP contribution in [0.2, 0.25) is 0 Å². The van der Waals surface area contributed by atoms with Crippen molar-refractivity contribution in [3.63, 3.8) is 0 Å². The number of alkyl carbamates (subject to hydrolysis) is 1. The van der Waals surface area contributed by atoms with E-state index in [4.69, 9.17) is 9.84 Å². The first-order chi connectivity index (χ1) is 17.0. The summed E-state index contributed by atoms with van der Waals surface area (Å²) in [6.45, 7) is 0.259. The first kappa shape index (κ1) is 23.4. The smallest absolute Gasteiger partial charge is 0.407 e. The summed E-state index contributed by atoms with van der Waals surface area (Å²) in [5.74, 6) is -0.930. The molecule has 3 N–H and O–H groups in total. The summed E-state index contributed by atoms with van der Waals surface area (Å²) < 4.78 is 5.67. The van der Waals surface area contributed by atoms with E-state index in [9.17, 15) is 14.4 Å². The van der Waals surface area contributed by atoms with Gasteiger partial charge < -0.3 is 20.5 Å². The molecular formula is C28H32N2O5. The summed E-state index contributed by atoms with van der Waals surface area (Å²) in [4.78, 5) is 36.7. The third-order valence-corrected chi connectivity index (χ3v) is 7.62. The Hall–Kier alpha value is -3.35. The summed E-state index contributed by atoms with van der Waals surface area (Å²) in [5, 5.41) is 15.1. The maximum atomic E-state index is 12.8. The first-order valence-electron chi connectivity index (χ1n) is 12.6. The molecule has 3 aliphatic carbocycles. The van der Waals surface area contributed by atoms with Crippen molar-refractivity contribution < 1.29 is 24.2 Å². The highest BCUT2D eigenvalue weighted by molar-refractivity contribution is 5.80. The number of carbonyl (C=O) groups excluding carboxylic acids is 2. The van der Waals surface area contributed by atoms with Crippen LogP contribution in [-0.4, -0.2) is 41.8 Å². The molecule has 0 bridgehead atoms. The topological polar surface area (TPSA) is 105 Å². The van der Waals surface area contributed by atoms with E-state index >= 15 is 0 Å². The third kappa shape index (κ3) is 5.34. The van der Waals surface area contributed by atoms with Crippen molar-refractivity contribution in [1.29, 1.82) is 0 Å². The minimum absolute atomic E-state index is 0.00613. The van der Waals surface area contributed by atoms with Crippen LogP contribution in [0.1, 0.15) is 62.0 Å². The van der Waals surface area contributed by atoms with Crippen molar-refractivity contribution in [3.8, 4) is 11.1 Å². The van der Waals surface area contributed by atoms with Gasteiger partial charge in [0.2, 0.25) is 5.91 Å². The SMILES string of the molecule is O=C(O)CC(NC(=O)[C@@H]1CCC[C@H](NC(=O)OCC2c3ccccc3-c3ccccc32)C1)C1CC1. The fraction of sp³-hybridized carbons (Fsp3) is 0.464. The van der Waals surface area contributed by atoms with Gasteiger partial charge in [0.05, 0.1) is 6.42 Å². The van der Waals surface area contributed by atoms with E-state index in [-0.39, 0.29) is 48.8 Å². The Morgan fingerprint density at radius 3 is 2.23 bits per heavy atom. The predicted octanol–water partition coefficient (Wildman–Crippen LogP) is 4.45. The van der Waals surface area contributed by atoms with Gasteiger partial charge in [0.1, 0.15) is 6.61 Å². The average Bonchev–Trinajstić information content (AvgIpc) is 3.65. The molecule has 2 saturated carbocycles. The van der Waals surface area contributed by atoms with E-state index in [2.05, 4.69) is 34.9 Å². The molecule has 7 heteroatoms. The van der Waals surface area contributed by atoms with Crippen molar-refractivity contribution in [2.24, 2.45) is 11.8 Å². The number of hydrogen-bond donors (Lipinski definition) is 3. The minimum atomic E-state index is -0.888. The second kappa shape index (κ2) is 10.1. The summed E-state index contributed by atoms with van der Waals surface area (Å²) >= 11 is 0. The molecule has 0 radical (unpaired) electrons. The lowest BCUT2D eigenvalue weighted by Gasteiger charge is -2.30. The largest absolute Gasteiger partial charge is 0.481 e. The Kier molecular flexibility index (Phi) is 6.75. The number of nitrogens with one attached hydrogen (secondary N) is 2. The van der Waals surface area contributed by atoms with Crippen LogP contribution in [-0.2, 0) is 14.3 Å². The maximum absolute atomic E-state index is 12.8. The van der Waals surface area contributed by atoms with Gasteiger partial charge in [-0.05, 0) is 60.3 Å². The van der Waals surface area contributed by atoms with Crippen LogP contribution in [0.3, 0.4) is 0 Å². The molecule has 35 heavy (non-hydrogen) atoms. The van der Waals surface area contributed by atoms with Gasteiger partial charge in [-0.3, -0.25) is 9.59 Å². The number of rotatable bonds is 8. The Balaban J connectivity index is 1.14. The second-order valence-corrected chi connectivity index (χ2v) is 10.1. The van der Waals surface area contributed by atoms with Crippen LogP contribution in [0.4, 0.5) is 4.79 Å². The maximum Gasteiger partial charge on any atom is 0.407 e. The lowest BCUT2D eigenvalue weighted by Crippen LogP contribution is -2.46. The molecule has 0 saturated heterocycles. The van der Waals surface area contributed by atoms with Crippen LogP contribution >= 0.6 is 0 Å². The standard InChI is InChI=1S/C28H32N2O5/c31-26(32)15-25(17-12-13-17)30-27(33)18-6-5-7-19(14-18)29-28(34)35-16-24-22-10-3-1-8-20(22)21-9-2-4-11-23(21)24/h1-4,8-11,17-19,24-25H,5-7,12-16H2,(H,29,34)(H,30,33)(H,31,32)/t18-,19+,25?/m1/s1. The van der Waals surface area contributed by atoms with E-state index < -0.39 is 12.1 Å². The summed E-state index contributed by atoms with van der Waals surface area (Å²) in [7, 11) is 0. The van der Waals surface area contributed by atoms with Crippen LogP contribution in [0.15, 0.2) is 48.5 Å². The number of aliphatic carboxylic acids is 1. The van der Waals surface area contributed by atoms with Gasteiger partial charge in [0, 0.05) is 23.9 Å². The molecular weight excluding hydrogens is 444 g/mol. The lowest BCUT2D eigenvalue weighted by molar-refractivity contribution is -0.138. The van der Waals surface area contributed by atoms with Crippen molar-refractivity contribution in [2.75, 3.05) is 6.61 Å². The average molecular weight is 477 g/mol. The van der Waals surface area contributed by atoms with Gasteiger partial charge in [0.25, 0.3) is 0 Å². The Bertz CT molecular complexity index is 1070. The van der Waals surface area contributed by atoms with E-state index in [1.54, 1.807) is 0 Å². The number of carboxylic acids is 1. The predicted molar refractivity (Wildman–Crippen MR) is 131 cm³/mol. The number of benzene rings is 2. The molecule has 0 aromatic heterocycles. The highest BCUT2D eigenvalue weighted by Gasteiger charge is 2.36. The minimum Gasteiger partial charge on any atom is -0.481 e. The fourth-order valence-corrected chi connectivity index (χ4v) is 5.69. The van der Waals surface area contributed by atoms with Crippen LogP contribution in [0.5, 0.6) is 0 Å².